The number of nitrogens with zero attached hydrogens (tertiary/aromatic N) is 8. The lowest BCUT2D eigenvalue weighted by Gasteiger charge is -2.14. The highest BCUT2D eigenvalue weighted by atomic mass is 16.3. The summed E-state index contributed by atoms with van der Waals surface area (Å²) in [6.45, 7) is 9.25. The van der Waals surface area contributed by atoms with Crippen LogP contribution in [0.2, 0.25) is 0 Å². The Hall–Kier alpha value is -11.6. The first kappa shape index (κ1) is 52.3. The van der Waals surface area contributed by atoms with E-state index in [2.05, 4.69) is 214 Å². The smallest absolute Gasteiger partial charge is 0.159 e. The Balaban J connectivity index is 0.00000124. The van der Waals surface area contributed by atoms with Gasteiger partial charge in [-0.3, -0.25) is 24.9 Å². The molecule has 9 heterocycles. The minimum atomic E-state index is 0.765. The fourth-order valence-corrected chi connectivity index (χ4v) is 12.7. The molecule has 0 spiro atoms. The molecule has 0 bridgehead atoms. The summed E-state index contributed by atoms with van der Waals surface area (Å²) in [5.74, 6) is 0. The van der Waals surface area contributed by atoms with E-state index in [0.717, 1.165) is 161 Å². The molecule has 17 aromatic rings. The van der Waals surface area contributed by atoms with E-state index >= 15 is 0 Å². The monoisotopic (exact) mass is 1120 g/mol. The molecule has 9 aromatic heterocycles. The summed E-state index contributed by atoms with van der Waals surface area (Å²) in [5.41, 5.74) is 23.9. The first-order chi connectivity index (χ1) is 43.1. The molecule has 0 saturated carbocycles. The fraction of sp³-hybridized carbons (Fsp3) is 0.0385. The second kappa shape index (κ2) is 21.9. The van der Waals surface area contributed by atoms with Crippen molar-refractivity contribution in [3.63, 3.8) is 0 Å². The number of pyridine rings is 5. The summed E-state index contributed by atoms with van der Waals surface area (Å²) in [6, 6.07) is 83.5. The quantitative estimate of drug-likeness (QED) is 0.141. The summed E-state index contributed by atoms with van der Waals surface area (Å²) >= 11 is 0. The van der Waals surface area contributed by atoms with Gasteiger partial charge in [0.25, 0.3) is 0 Å². The Bertz CT molecular complexity index is 5460. The SMILES string of the molecule is C=CC.CC.c1ccc(-n2c3ccc(-c4ccc5oc6c(-n7c8ccc(-c9ccccc9-c9ccccn9)cc8c8ncccc87)cc(-n7c8ccc(-c9ccccc9-c9ccccn9)cc8c8ncccc87)cc6c5c4)cc3c3ncccc32)cc1. The summed E-state index contributed by atoms with van der Waals surface area (Å²) in [5, 5.41) is 5.14. The molecular weight excluding hydrogens is 1060 g/mol. The maximum absolute atomic E-state index is 7.21. The molecule has 414 valence electrons. The van der Waals surface area contributed by atoms with Gasteiger partial charge in [0, 0.05) is 80.4 Å². The van der Waals surface area contributed by atoms with Crippen LogP contribution in [0.15, 0.2) is 285 Å². The Labute approximate surface area is 502 Å². The molecule has 0 aliphatic carbocycles. The molecule has 0 unspecified atom stereocenters. The van der Waals surface area contributed by atoms with Crippen LogP contribution in [-0.4, -0.2) is 38.6 Å². The number of benzene rings is 8. The number of para-hydroxylation sites is 1. The number of hydrogen-bond acceptors (Lipinski definition) is 6. The van der Waals surface area contributed by atoms with Gasteiger partial charge in [-0.1, -0.05) is 123 Å². The third kappa shape index (κ3) is 8.74. The van der Waals surface area contributed by atoms with Crippen molar-refractivity contribution in [2.75, 3.05) is 0 Å². The first-order valence-electron chi connectivity index (χ1n) is 29.4. The predicted molar refractivity (Wildman–Crippen MR) is 360 cm³/mol. The highest BCUT2D eigenvalue weighted by Gasteiger charge is 2.24. The fourth-order valence-electron chi connectivity index (χ4n) is 12.7. The van der Waals surface area contributed by atoms with Crippen molar-refractivity contribution in [2.45, 2.75) is 20.8 Å². The van der Waals surface area contributed by atoms with E-state index in [1.165, 1.54) is 0 Å². The zero-order valence-corrected chi connectivity index (χ0v) is 48.2. The topological polar surface area (TPSA) is 92.4 Å². The molecule has 0 N–H and O–H groups in total. The van der Waals surface area contributed by atoms with Crippen LogP contribution >= 0.6 is 0 Å². The largest absolute Gasteiger partial charge is 0.454 e. The summed E-state index contributed by atoms with van der Waals surface area (Å²) in [7, 11) is 0. The van der Waals surface area contributed by atoms with E-state index in [-0.39, 0.29) is 0 Å². The van der Waals surface area contributed by atoms with Crippen LogP contribution in [0.4, 0.5) is 0 Å². The van der Waals surface area contributed by atoms with Gasteiger partial charge in [0.1, 0.15) is 5.58 Å². The average Bonchev–Trinajstić information content (AvgIpc) is 1.68. The number of fused-ring (bicyclic) bond motifs is 12. The molecule has 9 nitrogen and oxygen atoms in total. The Morgan fingerprint density at radius 1 is 0.333 bits per heavy atom. The Morgan fingerprint density at radius 3 is 1.26 bits per heavy atom. The lowest BCUT2D eigenvalue weighted by Crippen LogP contribution is -2.00. The van der Waals surface area contributed by atoms with Gasteiger partial charge >= 0.3 is 0 Å². The van der Waals surface area contributed by atoms with E-state index in [0.29, 0.717) is 0 Å². The van der Waals surface area contributed by atoms with Crippen molar-refractivity contribution in [3.05, 3.63) is 280 Å². The van der Waals surface area contributed by atoms with E-state index in [1.807, 2.05) is 94.2 Å². The molecule has 0 atom stereocenters. The van der Waals surface area contributed by atoms with Crippen LogP contribution in [0.25, 0.3) is 161 Å². The molecule has 0 radical (unpaired) electrons. The second-order valence-corrected chi connectivity index (χ2v) is 21.2. The zero-order valence-electron chi connectivity index (χ0n) is 48.2. The van der Waals surface area contributed by atoms with Crippen LogP contribution in [0.5, 0.6) is 0 Å². The maximum Gasteiger partial charge on any atom is 0.159 e. The normalized spacial score (nSPS) is 11.4. The minimum absolute atomic E-state index is 0.765. The molecule has 17 rings (SSSR count). The Morgan fingerprint density at radius 2 is 0.747 bits per heavy atom. The van der Waals surface area contributed by atoms with Gasteiger partial charge in [-0.25, -0.2) is 0 Å². The van der Waals surface area contributed by atoms with Crippen molar-refractivity contribution in [1.29, 1.82) is 0 Å². The van der Waals surface area contributed by atoms with Crippen LogP contribution in [0.1, 0.15) is 20.8 Å². The van der Waals surface area contributed by atoms with Gasteiger partial charge in [-0.2, -0.15) is 0 Å². The van der Waals surface area contributed by atoms with Gasteiger partial charge < -0.3 is 18.1 Å². The highest BCUT2D eigenvalue weighted by molar-refractivity contribution is 6.15. The van der Waals surface area contributed by atoms with E-state index in [1.54, 1.807) is 6.08 Å². The molecular formula is C78H56N8O. The van der Waals surface area contributed by atoms with Crippen LogP contribution in [0, 0.1) is 0 Å². The van der Waals surface area contributed by atoms with Crippen molar-refractivity contribution in [1.82, 2.24) is 38.6 Å². The standard InChI is InChI=1S/C73H44N8O.C3H6.C2H6/c1-2-15-49(16-3-1)79-62-30-26-45(40-57(62)70-65(79)23-12-36-76-70)46-29-33-69-55(39-46)56-43-50(80-63-31-27-47(41-58(63)71-66(80)24-13-37-77-71)51-17-4-6-19-53(51)60-21-8-10-34-74-60)44-68(73(56)82-69)81-64-32-28-48(42-59(64)72-67(81)25-14-38-78-72)52-18-5-7-20-54(52)61-22-9-11-35-75-61;1-3-2;1-2/h1-44H;3H,1H2,2H3;1-2H3. The maximum atomic E-state index is 7.21. The van der Waals surface area contributed by atoms with Crippen LogP contribution in [-0.2, 0) is 0 Å². The lowest BCUT2D eigenvalue weighted by molar-refractivity contribution is 0.666. The van der Waals surface area contributed by atoms with E-state index in [9.17, 15) is 0 Å². The second-order valence-electron chi connectivity index (χ2n) is 21.2. The van der Waals surface area contributed by atoms with Crippen molar-refractivity contribution >= 4 is 87.7 Å². The molecule has 9 heteroatoms. The van der Waals surface area contributed by atoms with E-state index in [4.69, 9.17) is 29.3 Å². The van der Waals surface area contributed by atoms with Crippen molar-refractivity contribution in [3.8, 4) is 73.0 Å². The summed E-state index contributed by atoms with van der Waals surface area (Å²) in [6.07, 6.45) is 11.1. The number of hydrogen-bond donors (Lipinski definition) is 0. The number of rotatable bonds is 8. The molecule has 8 aromatic carbocycles. The average molecular weight is 1120 g/mol. The summed E-state index contributed by atoms with van der Waals surface area (Å²) in [4.78, 5) is 24.7. The Kier molecular flexibility index (Phi) is 13.2. The molecule has 0 aliphatic rings. The molecule has 87 heavy (non-hydrogen) atoms. The first-order valence-corrected chi connectivity index (χ1v) is 29.4. The molecule has 0 amide bonds. The van der Waals surface area contributed by atoms with Crippen molar-refractivity contribution in [2.24, 2.45) is 0 Å². The van der Waals surface area contributed by atoms with Gasteiger partial charge in [0.2, 0.25) is 0 Å². The third-order valence-corrected chi connectivity index (χ3v) is 16.3. The van der Waals surface area contributed by atoms with Gasteiger partial charge in [0.05, 0.1) is 66.7 Å². The third-order valence-electron chi connectivity index (χ3n) is 16.3. The van der Waals surface area contributed by atoms with Crippen molar-refractivity contribution < 1.29 is 4.42 Å². The van der Waals surface area contributed by atoms with Gasteiger partial charge in [0.15, 0.2) is 5.58 Å². The molecule has 0 aliphatic heterocycles. The minimum Gasteiger partial charge on any atom is -0.454 e. The lowest BCUT2D eigenvalue weighted by atomic mass is 9.96. The number of furan rings is 1. The molecule has 0 fully saturated rings. The van der Waals surface area contributed by atoms with Gasteiger partial charge in [-0.15, -0.1) is 6.58 Å². The molecule has 0 saturated heterocycles. The summed E-state index contributed by atoms with van der Waals surface area (Å²) < 4.78 is 14.2. The van der Waals surface area contributed by atoms with E-state index < -0.39 is 0 Å². The number of aromatic nitrogens is 8. The highest BCUT2D eigenvalue weighted by Crippen LogP contribution is 2.45. The van der Waals surface area contributed by atoms with Gasteiger partial charge in [-0.05, 0) is 174 Å². The predicted octanol–water partition coefficient (Wildman–Crippen LogP) is 20.4. The van der Waals surface area contributed by atoms with Crippen LogP contribution in [0.3, 0.4) is 0 Å². The number of allylic oxidation sites excluding steroid dienone is 1. The zero-order chi connectivity index (χ0) is 58.5. The van der Waals surface area contributed by atoms with Crippen LogP contribution < -0.4 is 0 Å².